The molecule has 14 heavy (non-hydrogen) atoms. The largest absolute Gasteiger partial charge is 0.416 e. The molecule has 4 heteroatoms. The van der Waals surface area contributed by atoms with Gasteiger partial charge in [0.25, 0.3) is 5.91 Å². The van der Waals surface area contributed by atoms with Crippen LogP contribution >= 0.6 is 0 Å². The zero-order chi connectivity index (χ0) is 11.2. The number of esters is 1. The summed E-state index contributed by atoms with van der Waals surface area (Å²) in [6, 6.07) is 0. The van der Waals surface area contributed by atoms with Crippen LogP contribution in [0.1, 0.15) is 27.2 Å². The van der Waals surface area contributed by atoms with Crippen molar-refractivity contribution in [1.29, 1.82) is 0 Å². The Morgan fingerprint density at radius 1 is 1.50 bits per heavy atom. The van der Waals surface area contributed by atoms with Gasteiger partial charge < -0.3 is 9.84 Å². The van der Waals surface area contributed by atoms with Crippen molar-refractivity contribution < 1.29 is 14.6 Å². The van der Waals surface area contributed by atoms with E-state index in [9.17, 15) is 9.90 Å². The van der Waals surface area contributed by atoms with Crippen LogP contribution in [0.25, 0.3) is 0 Å². The molecule has 0 aliphatic carbocycles. The van der Waals surface area contributed by atoms with Gasteiger partial charge in [-0.2, -0.15) is 0 Å². The molecule has 0 radical (unpaired) electrons. The molecule has 0 bridgehead atoms. The van der Waals surface area contributed by atoms with E-state index in [0.29, 0.717) is 19.5 Å². The van der Waals surface area contributed by atoms with Crippen LogP contribution in [0.15, 0.2) is 12.7 Å². The van der Waals surface area contributed by atoms with Gasteiger partial charge in [-0.1, -0.05) is 27.4 Å². The van der Waals surface area contributed by atoms with Crippen LogP contribution in [0.5, 0.6) is 0 Å². The Kier molecular flexibility index (Phi) is 5.42. The molecule has 1 unspecified atom stereocenters. The van der Waals surface area contributed by atoms with Crippen molar-refractivity contribution in [2.24, 2.45) is 0 Å². The minimum atomic E-state index is -1.51. The van der Waals surface area contributed by atoms with E-state index in [2.05, 4.69) is 6.58 Å². The van der Waals surface area contributed by atoms with Gasteiger partial charge in [0.2, 0.25) is 0 Å². The molecule has 0 amide bonds. The Bertz CT molecular complexity index is 202. The molecule has 1 N–H and O–H groups in total. The van der Waals surface area contributed by atoms with Crippen molar-refractivity contribution in [2.45, 2.75) is 33.1 Å². The second-order valence-electron chi connectivity index (χ2n) is 2.89. The number of nitrogens with zero attached hydrogens (tertiary/aromatic N) is 1. The highest BCUT2D eigenvalue weighted by atomic mass is 16.7. The third-order valence-electron chi connectivity index (χ3n) is 2.15. The SMILES string of the molecule is C=CC(=O)OC(O)(CC)N(CC)CC. The first-order valence-electron chi connectivity index (χ1n) is 4.86. The molecule has 0 fully saturated rings. The topological polar surface area (TPSA) is 49.8 Å². The van der Waals surface area contributed by atoms with E-state index < -0.39 is 11.9 Å². The van der Waals surface area contributed by atoms with Crippen LogP contribution in [0.2, 0.25) is 0 Å². The monoisotopic (exact) mass is 201 g/mol. The molecule has 0 saturated carbocycles. The lowest BCUT2D eigenvalue weighted by Crippen LogP contribution is -2.51. The van der Waals surface area contributed by atoms with Crippen molar-refractivity contribution in [1.82, 2.24) is 4.90 Å². The van der Waals surface area contributed by atoms with Gasteiger partial charge in [-0.3, -0.25) is 0 Å². The van der Waals surface area contributed by atoms with E-state index in [1.807, 2.05) is 13.8 Å². The number of hydrogen-bond acceptors (Lipinski definition) is 4. The number of carbonyl (C=O) groups is 1. The fourth-order valence-electron chi connectivity index (χ4n) is 1.28. The molecule has 1 atom stereocenters. The molecule has 0 saturated heterocycles. The van der Waals surface area contributed by atoms with Gasteiger partial charge in [0.1, 0.15) is 0 Å². The molecular weight excluding hydrogens is 182 g/mol. The zero-order valence-corrected chi connectivity index (χ0v) is 9.12. The average molecular weight is 201 g/mol. The lowest BCUT2D eigenvalue weighted by atomic mass is 10.3. The standard InChI is InChI=1S/C10H19NO3/c1-5-9(12)14-10(13,6-2)11(7-3)8-4/h5,13H,1,6-8H2,2-4H3. The summed E-state index contributed by atoms with van der Waals surface area (Å²) in [5.74, 6) is -2.12. The third-order valence-corrected chi connectivity index (χ3v) is 2.15. The van der Waals surface area contributed by atoms with Crippen LogP contribution in [-0.2, 0) is 9.53 Å². The Labute approximate surface area is 85.2 Å². The van der Waals surface area contributed by atoms with Crippen LogP contribution < -0.4 is 0 Å². The Balaban J connectivity index is 4.58. The molecule has 82 valence electrons. The average Bonchev–Trinajstić information content (AvgIpc) is 2.19. The van der Waals surface area contributed by atoms with Gasteiger partial charge in [-0.15, -0.1) is 0 Å². The summed E-state index contributed by atoms with van der Waals surface area (Å²) in [5, 5.41) is 10.0. The summed E-state index contributed by atoms with van der Waals surface area (Å²) >= 11 is 0. The van der Waals surface area contributed by atoms with E-state index in [-0.39, 0.29) is 0 Å². The maximum absolute atomic E-state index is 11.0. The second-order valence-corrected chi connectivity index (χ2v) is 2.89. The van der Waals surface area contributed by atoms with Gasteiger partial charge in [-0.25, -0.2) is 9.69 Å². The quantitative estimate of drug-likeness (QED) is 0.397. The second kappa shape index (κ2) is 5.78. The van der Waals surface area contributed by atoms with Gasteiger partial charge in [0.05, 0.1) is 0 Å². The van der Waals surface area contributed by atoms with Crippen molar-refractivity contribution in [3.05, 3.63) is 12.7 Å². The molecule has 0 aromatic rings. The Morgan fingerprint density at radius 2 is 2.00 bits per heavy atom. The summed E-state index contributed by atoms with van der Waals surface area (Å²) in [7, 11) is 0. The van der Waals surface area contributed by atoms with Gasteiger partial charge >= 0.3 is 5.97 Å². The highest BCUT2D eigenvalue weighted by Gasteiger charge is 2.34. The summed E-state index contributed by atoms with van der Waals surface area (Å²) in [4.78, 5) is 12.7. The lowest BCUT2D eigenvalue weighted by molar-refractivity contribution is -0.275. The molecule has 0 aromatic carbocycles. The maximum Gasteiger partial charge on any atom is 0.333 e. The fourth-order valence-corrected chi connectivity index (χ4v) is 1.28. The minimum Gasteiger partial charge on any atom is -0.416 e. The van der Waals surface area contributed by atoms with Gasteiger partial charge in [0.15, 0.2) is 0 Å². The van der Waals surface area contributed by atoms with E-state index in [1.165, 1.54) is 0 Å². The van der Waals surface area contributed by atoms with Crippen molar-refractivity contribution in [3.8, 4) is 0 Å². The number of aliphatic hydroxyl groups is 1. The minimum absolute atomic E-state index is 0.328. The third kappa shape index (κ3) is 3.12. The van der Waals surface area contributed by atoms with E-state index in [0.717, 1.165) is 6.08 Å². The van der Waals surface area contributed by atoms with E-state index >= 15 is 0 Å². The first-order valence-corrected chi connectivity index (χ1v) is 4.86. The summed E-state index contributed by atoms with van der Waals surface area (Å²) in [5.41, 5.74) is 0. The van der Waals surface area contributed by atoms with Crippen molar-refractivity contribution >= 4 is 5.97 Å². The highest BCUT2D eigenvalue weighted by molar-refractivity contribution is 5.81. The zero-order valence-electron chi connectivity index (χ0n) is 9.12. The van der Waals surface area contributed by atoms with E-state index in [1.54, 1.807) is 11.8 Å². The first kappa shape index (κ1) is 13.1. The molecule has 0 heterocycles. The molecule has 0 rings (SSSR count). The fraction of sp³-hybridized carbons (Fsp3) is 0.700. The van der Waals surface area contributed by atoms with Crippen LogP contribution in [0.4, 0.5) is 0 Å². The van der Waals surface area contributed by atoms with Gasteiger partial charge in [0, 0.05) is 25.6 Å². The lowest BCUT2D eigenvalue weighted by Gasteiger charge is -2.36. The predicted molar refractivity (Wildman–Crippen MR) is 54.5 cm³/mol. The first-order chi connectivity index (χ1) is 6.53. The summed E-state index contributed by atoms with van der Waals surface area (Å²) in [6.45, 7) is 10.1. The summed E-state index contributed by atoms with van der Waals surface area (Å²) in [6.07, 6.45) is 1.37. The van der Waals surface area contributed by atoms with Crippen molar-refractivity contribution in [2.75, 3.05) is 13.1 Å². The number of carbonyl (C=O) groups excluding carboxylic acids is 1. The molecule has 0 aliphatic rings. The smallest absolute Gasteiger partial charge is 0.333 e. The molecule has 0 spiro atoms. The van der Waals surface area contributed by atoms with Crippen LogP contribution in [-0.4, -0.2) is 35.0 Å². The van der Waals surface area contributed by atoms with Gasteiger partial charge in [-0.05, 0) is 0 Å². The molecular formula is C10H19NO3. The van der Waals surface area contributed by atoms with Crippen LogP contribution in [0, 0.1) is 0 Å². The maximum atomic E-state index is 11.0. The normalized spacial score (nSPS) is 14.9. The Morgan fingerprint density at radius 3 is 2.29 bits per heavy atom. The van der Waals surface area contributed by atoms with Crippen molar-refractivity contribution in [3.63, 3.8) is 0 Å². The Hall–Kier alpha value is -0.870. The highest BCUT2D eigenvalue weighted by Crippen LogP contribution is 2.18. The number of hydrogen-bond donors (Lipinski definition) is 1. The number of rotatable bonds is 6. The predicted octanol–water partition coefficient (Wildman–Crippen LogP) is 1.11. The molecule has 0 aliphatic heterocycles. The van der Waals surface area contributed by atoms with Crippen LogP contribution in [0.3, 0.4) is 0 Å². The number of ether oxygens (including phenoxy) is 1. The molecule has 4 nitrogen and oxygen atoms in total. The molecule has 0 aromatic heterocycles. The summed E-state index contributed by atoms with van der Waals surface area (Å²) < 4.78 is 4.90. The van der Waals surface area contributed by atoms with E-state index in [4.69, 9.17) is 4.74 Å².